The van der Waals surface area contributed by atoms with E-state index in [2.05, 4.69) is 11.6 Å². The van der Waals surface area contributed by atoms with Gasteiger partial charge in [0, 0.05) is 13.1 Å². The van der Waals surface area contributed by atoms with Gasteiger partial charge in [0.1, 0.15) is 0 Å². The van der Waals surface area contributed by atoms with Crippen molar-refractivity contribution in [2.45, 2.75) is 44.9 Å². The van der Waals surface area contributed by atoms with Gasteiger partial charge in [-0.05, 0) is 29.4 Å². The predicted octanol–water partition coefficient (Wildman–Crippen LogP) is 2.14. The number of nitrogens with one attached hydrogen (secondary N) is 1. The third kappa shape index (κ3) is 4.30. The van der Waals surface area contributed by atoms with Gasteiger partial charge in [-0.15, -0.1) is 0 Å². The molecule has 112 valence electrons. The van der Waals surface area contributed by atoms with Gasteiger partial charge in [-0.1, -0.05) is 44.0 Å². The van der Waals surface area contributed by atoms with E-state index >= 15 is 0 Å². The first-order valence-corrected chi connectivity index (χ1v) is 8.83. The maximum atomic E-state index is 12.2. The van der Waals surface area contributed by atoms with Gasteiger partial charge in [-0.3, -0.25) is 0 Å². The second kappa shape index (κ2) is 6.24. The van der Waals surface area contributed by atoms with Crippen LogP contribution in [-0.4, -0.2) is 15.0 Å². The molecule has 1 fully saturated rings. The average molecular weight is 296 g/mol. The van der Waals surface area contributed by atoms with Crippen molar-refractivity contribution in [3.8, 4) is 0 Å². The van der Waals surface area contributed by atoms with Crippen LogP contribution in [0.25, 0.3) is 0 Å². The van der Waals surface area contributed by atoms with Crippen molar-refractivity contribution < 1.29 is 8.42 Å². The molecule has 1 aliphatic rings. The Labute approximate surface area is 121 Å². The van der Waals surface area contributed by atoms with Crippen molar-refractivity contribution in [2.75, 3.05) is 6.54 Å². The van der Waals surface area contributed by atoms with Crippen LogP contribution in [0.2, 0.25) is 0 Å². The maximum Gasteiger partial charge on any atom is 0.215 e. The molecule has 0 radical (unpaired) electrons. The Balaban J connectivity index is 1.96. The first kappa shape index (κ1) is 15.5. The molecule has 0 saturated heterocycles. The van der Waals surface area contributed by atoms with Gasteiger partial charge in [0.05, 0.1) is 5.75 Å². The Kier molecular flexibility index (Phi) is 4.83. The summed E-state index contributed by atoms with van der Waals surface area (Å²) in [7, 11) is -3.28. The van der Waals surface area contributed by atoms with Crippen molar-refractivity contribution in [1.82, 2.24) is 4.72 Å². The van der Waals surface area contributed by atoms with Gasteiger partial charge in [0.15, 0.2) is 0 Å². The second-order valence-electron chi connectivity index (χ2n) is 6.12. The van der Waals surface area contributed by atoms with Crippen molar-refractivity contribution in [3.05, 3.63) is 35.4 Å². The first-order chi connectivity index (χ1) is 9.42. The Morgan fingerprint density at radius 1 is 1.25 bits per heavy atom. The van der Waals surface area contributed by atoms with Gasteiger partial charge in [-0.25, -0.2) is 13.1 Å². The number of nitrogens with two attached hydrogens (primary N) is 1. The largest absolute Gasteiger partial charge is 0.326 e. The molecule has 20 heavy (non-hydrogen) atoms. The van der Waals surface area contributed by atoms with E-state index in [1.165, 1.54) is 12.8 Å². The molecule has 0 atom stereocenters. The summed E-state index contributed by atoms with van der Waals surface area (Å²) in [5.41, 5.74) is 7.45. The molecule has 3 N–H and O–H groups in total. The molecule has 0 unspecified atom stereocenters. The summed E-state index contributed by atoms with van der Waals surface area (Å²) in [6.07, 6.45) is 4.63. The standard InChI is InChI=1S/C15H24N2O2S/c1-15(7-2-3-8-15)12-17-20(18,19)11-14-6-4-5-13(9-14)10-16/h4-6,9,17H,2-3,7-8,10-12,16H2,1H3. The molecule has 1 aromatic rings. The van der Waals surface area contributed by atoms with Crippen molar-refractivity contribution in [2.24, 2.45) is 11.1 Å². The van der Waals surface area contributed by atoms with E-state index in [9.17, 15) is 8.42 Å². The van der Waals surface area contributed by atoms with E-state index in [-0.39, 0.29) is 11.2 Å². The predicted molar refractivity (Wildman–Crippen MR) is 81.5 cm³/mol. The fourth-order valence-electron chi connectivity index (χ4n) is 2.81. The van der Waals surface area contributed by atoms with Crippen molar-refractivity contribution >= 4 is 10.0 Å². The quantitative estimate of drug-likeness (QED) is 0.845. The smallest absolute Gasteiger partial charge is 0.215 e. The van der Waals surface area contributed by atoms with Crippen LogP contribution >= 0.6 is 0 Å². The summed E-state index contributed by atoms with van der Waals surface area (Å²) in [4.78, 5) is 0. The van der Waals surface area contributed by atoms with Gasteiger partial charge in [-0.2, -0.15) is 0 Å². The fourth-order valence-corrected chi connectivity index (χ4v) is 4.10. The van der Waals surface area contributed by atoms with Crippen LogP contribution in [-0.2, 0) is 22.3 Å². The summed E-state index contributed by atoms with van der Waals surface area (Å²) in [6, 6.07) is 7.45. The van der Waals surface area contributed by atoms with Crippen molar-refractivity contribution in [3.63, 3.8) is 0 Å². The minimum Gasteiger partial charge on any atom is -0.326 e. The van der Waals surface area contributed by atoms with Gasteiger partial charge < -0.3 is 5.73 Å². The SMILES string of the molecule is CC1(CNS(=O)(=O)Cc2cccc(CN)c2)CCCC1. The third-order valence-electron chi connectivity index (χ3n) is 4.11. The topological polar surface area (TPSA) is 72.2 Å². The van der Waals surface area contributed by atoms with Crippen LogP contribution in [0.5, 0.6) is 0 Å². The Bertz CT molecular complexity index is 549. The lowest BCUT2D eigenvalue weighted by Crippen LogP contribution is -2.34. The van der Waals surface area contributed by atoms with Crippen LogP contribution in [0.15, 0.2) is 24.3 Å². The minimum absolute atomic E-state index is 0.0247. The van der Waals surface area contributed by atoms with E-state index in [0.29, 0.717) is 13.1 Å². The number of rotatable bonds is 6. The van der Waals surface area contributed by atoms with E-state index < -0.39 is 10.0 Å². The molecule has 0 amide bonds. The van der Waals surface area contributed by atoms with Crippen LogP contribution in [0, 0.1) is 5.41 Å². The van der Waals surface area contributed by atoms with Gasteiger partial charge in [0.2, 0.25) is 10.0 Å². The highest BCUT2D eigenvalue weighted by Gasteiger charge is 2.29. The molecule has 2 rings (SSSR count). The van der Waals surface area contributed by atoms with E-state index in [4.69, 9.17) is 5.73 Å². The lowest BCUT2D eigenvalue weighted by atomic mass is 9.89. The molecular formula is C15H24N2O2S. The molecule has 5 heteroatoms. The molecule has 0 aliphatic heterocycles. The number of sulfonamides is 1. The molecule has 0 spiro atoms. The molecular weight excluding hydrogens is 272 g/mol. The Morgan fingerprint density at radius 2 is 1.90 bits per heavy atom. The number of hydrogen-bond donors (Lipinski definition) is 2. The summed E-state index contributed by atoms with van der Waals surface area (Å²) < 4.78 is 27.1. The van der Waals surface area contributed by atoms with E-state index in [1.54, 1.807) is 0 Å². The van der Waals surface area contributed by atoms with E-state index in [1.807, 2.05) is 24.3 Å². The van der Waals surface area contributed by atoms with Crippen molar-refractivity contribution in [1.29, 1.82) is 0 Å². The normalized spacial score (nSPS) is 18.3. The summed E-state index contributed by atoms with van der Waals surface area (Å²) >= 11 is 0. The molecule has 1 aliphatic carbocycles. The lowest BCUT2D eigenvalue weighted by molar-refractivity contribution is 0.336. The maximum absolute atomic E-state index is 12.2. The number of hydrogen-bond acceptors (Lipinski definition) is 3. The van der Waals surface area contributed by atoms with Gasteiger partial charge in [0.25, 0.3) is 0 Å². The highest BCUT2D eigenvalue weighted by molar-refractivity contribution is 7.88. The second-order valence-corrected chi connectivity index (χ2v) is 7.93. The monoisotopic (exact) mass is 296 g/mol. The van der Waals surface area contributed by atoms with Crippen LogP contribution < -0.4 is 10.5 Å². The van der Waals surface area contributed by atoms with Crippen LogP contribution in [0.3, 0.4) is 0 Å². The Morgan fingerprint density at radius 3 is 2.55 bits per heavy atom. The Hall–Kier alpha value is -0.910. The first-order valence-electron chi connectivity index (χ1n) is 7.18. The zero-order chi connectivity index (χ0) is 14.6. The third-order valence-corrected chi connectivity index (χ3v) is 5.41. The fraction of sp³-hybridized carbons (Fsp3) is 0.600. The summed E-state index contributed by atoms with van der Waals surface area (Å²) in [5.74, 6) is 0.0247. The number of benzene rings is 1. The molecule has 0 bridgehead atoms. The molecule has 1 aromatic carbocycles. The molecule has 0 heterocycles. The van der Waals surface area contributed by atoms with E-state index in [0.717, 1.165) is 24.0 Å². The highest BCUT2D eigenvalue weighted by Crippen LogP contribution is 2.36. The minimum atomic E-state index is -3.28. The van der Waals surface area contributed by atoms with Gasteiger partial charge >= 0.3 is 0 Å². The lowest BCUT2D eigenvalue weighted by Gasteiger charge is -2.23. The zero-order valence-corrected chi connectivity index (χ0v) is 12.9. The van der Waals surface area contributed by atoms with Crippen LogP contribution in [0.1, 0.15) is 43.7 Å². The zero-order valence-electron chi connectivity index (χ0n) is 12.1. The summed E-state index contributed by atoms with van der Waals surface area (Å²) in [6.45, 7) is 3.14. The average Bonchev–Trinajstić information content (AvgIpc) is 2.84. The summed E-state index contributed by atoms with van der Waals surface area (Å²) in [5, 5.41) is 0. The molecule has 0 aromatic heterocycles. The molecule has 4 nitrogen and oxygen atoms in total. The van der Waals surface area contributed by atoms with Crippen LogP contribution in [0.4, 0.5) is 0 Å². The highest BCUT2D eigenvalue weighted by atomic mass is 32.2. The molecule has 1 saturated carbocycles.